The molecule has 4 rings (SSSR count). The second-order valence-electron chi connectivity index (χ2n) is 6.11. The number of furan rings is 1. The van der Waals surface area contributed by atoms with Crippen LogP contribution in [-0.2, 0) is 16.1 Å². The molecule has 2 amide bonds. The van der Waals surface area contributed by atoms with Crippen molar-refractivity contribution >= 4 is 29.0 Å². The summed E-state index contributed by atoms with van der Waals surface area (Å²) in [7, 11) is 0. The summed E-state index contributed by atoms with van der Waals surface area (Å²) in [5.41, 5.74) is 2.44. The molecule has 0 saturated carbocycles. The van der Waals surface area contributed by atoms with Gasteiger partial charge in [-0.15, -0.1) is 5.10 Å². The van der Waals surface area contributed by atoms with E-state index >= 15 is 0 Å². The number of nitrogens with one attached hydrogen (secondary N) is 1. The Morgan fingerprint density at radius 1 is 1.31 bits per heavy atom. The summed E-state index contributed by atoms with van der Waals surface area (Å²) >= 11 is 1.29. The number of hydrogen-bond donors (Lipinski definition) is 1. The van der Waals surface area contributed by atoms with E-state index in [4.69, 9.17) is 4.42 Å². The van der Waals surface area contributed by atoms with Crippen LogP contribution in [0.5, 0.6) is 0 Å². The number of likely N-dealkylation sites (tertiary alicyclic amines) is 1. The molecule has 26 heavy (non-hydrogen) atoms. The first kappa shape index (κ1) is 16.5. The summed E-state index contributed by atoms with van der Waals surface area (Å²) in [6, 6.07) is 11.0. The number of rotatable bonds is 5. The van der Waals surface area contributed by atoms with Gasteiger partial charge in [0.1, 0.15) is 11.5 Å². The Labute approximate surface area is 153 Å². The zero-order chi connectivity index (χ0) is 17.9. The number of amides is 2. The van der Waals surface area contributed by atoms with Crippen molar-refractivity contribution in [2.24, 2.45) is 5.92 Å². The summed E-state index contributed by atoms with van der Waals surface area (Å²) < 4.78 is 9.11. The van der Waals surface area contributed by atoms with Gasteiger partial charge in [-0.05, 0) is 35.8 Å². The number of nitrogens with zero attached hydrogens (tertiary/aromatic N) is 3. The fourth-order valence-electron chi connectivity index (χ4n) is 2.95. The Kier molecular flexibility index (Phi) is 4.49. The van der Waals surface area contributed by atoms with Crippen LogP contribution in [-0.4, -0.2) is 32.8 Å². The third-order valence-corrected chi connectivity index (χ3v) is 4.82. The van der Waals surface area contributed by atoms with Crippen LogP contribution in [0.4, 0.5) is 5.69 Å². The second-order valence-corrected chi connectivity index (χ2v) is 6.72. The van der Waals surface area contributed by atoms with E-state index in [2.05, 4.69) is 14.9 Å². The van der Waals surface area contributed by atoms with Gasteiger partial charge >= 0.3 is 0 Å². The lowest BCUT2D eigenvalue weighted by Crippen LogP contribution is -2.27. The molecule has 0 aliphatic carbocycles. The Hall–Kier alpha value is -3.00. The SMILES string of the molecule is O=C(Nc1ccc(-c2csnn2)cc1)C1CC(=O)N(Cc2ccco2)C1. The molecule has 1 aliphatic rings. The molecule has 1 saturated heterocycles. The summed E-state index contributed by atoms with van der Waals surface area (Å²) in [5.74, 6) is 0.169. The minimum Gasteiger partial charge on any atom is -0.467 e. The molecule has 1 unspecified atom stereocenters. The summed E-state index contributed by atoms with van der Waals surface area (Å²) in [5, 5.41) is 8.77. The van der Waals surface area contributed by atoms with E-state index < -0.39 is 0 Å². The summed E-state index contributed by atoms with van der Waals surface area (Å²) in [4.78, 5) is 26.3. The monoisotopic (exact) mass is 368 g/mol. The first-order chi connectivity index (χ1) is 12.7. The predicted molar refractivity (Wildman–Crippen MR) is 96.2 cm³/mol. The lowest BCUT2D eigenvalue weighted by Gasteiger charge is -2.15. The van der Waals surface area contributed by atoms with E-state index in [0.717, 1.165) is 11.3 Å². The highest BCUT2D eigenvalue weighted by molar-refractivity contribution is 7.03. The number of hydrogen-bond acceptors (Lipinski definition) is 6. The van der Waals surface area contributed by atoms with Gasteiger partial charge in [0.15, 0.2) is 0 Å². The molecule has 1 atom stereocenters. The number of carbonyl (C=O) groups is 2. The van der Waals surface area contributed by atoms with Crippen molar-refractivity contribution in [2.75, 3.05) is 11.9 Å². The van der Waals surface area contributed by atoms with E-state index in [-0.39, 0.29) is 24.2 Å². The van der Waals surface area contributed by atoms with Crippen molar-refractivity contribution in [1.29, 1.82) is 0 Å². The average Bonchev–Trinajstić information content (AvgIpc) is 3.39. The molecule has 1 aliphatic heterocycles. The molecule has 3 aromatic rings. The molecule has 1 fully saturated rings. The molecule has 1 N–H and O–H groups in total. The van der Waals surface area contributed by atoms with E-state index in [0.29, 0.717) is 24.5 Å². The van der Waals surface area contributed by atoms with Gasteiger partial charge in [0.05, 0.1) is 18.7 Å². The average molecular weight is 368 g/mol. The molecule has 7 nitrogen and oxygen atoms in total. The van der Waals surface area contributed by atoms with E-state index in [1.165, 1.54) is 11.5 Å². The molecule has 1 aromatic carbocycles. The highest BCUT2D eigenvalue weighted by atomic mass is 32.1. The molecule has 0 bridgehead atoms. The van der Waals surface area contributed by atoms with Crippen LogP contribution in [0.1, 0.15) is 12.2 Å². The van der Waals surface area contributed by atoms with Gasteiger partial charge in [-0.3, -0.25) is 9.59 Å². The molecular formula is C18H16N4O3S. The van der Waals surface area contributed by atoms with Crippen molar-refractivity contribution < 1.29 is 14.0 Å². The highest BCUT2D eigenvalue weighted by Gasteiger charge is 2.34. The summed E-state index contributed by atoms with van der Waals surface area (Å²) in [6.45, 7) is 0.792. The maximum absolute atomic E-state index is 12.5. The van der Waals surface area contributed by atoms with Gasteiger partial charge in [0.25, 0.3) is 0 Å². The van der Waals surface area contributed by atoms with Gasteiger partial charge in [-0.2, -0.15) is 0 Å². The first-order valence-electron chi connectivity index (χ1n) is 8.17. The second kappa shape index (κ2) is 7.09. The fraction of sp³-hybridized carbons (Fsp3) is 0.222. The van der Waals surface area contributed by atoms with Crippen LogP contribution >= 0.6 is 11.5 Å². The number of benzene rings is 1. The fourth-order valence-corrected chi connectivity index (χ4v) is 3.42. The Balaban J connectivity index is 1.37. The van der Waals surface area contributed by atoms with Crippen LogP contribution in [0.3, 0.4) is 0 Å². The van der Waals surface area contributed by atoms with E-state index in [9.17, 15) is 9.59 Å². The molecule has 3 heterocycles. The number of carbonyl (C=O) groups excluding carboxylic acids is 2. The molecule has 0 spiro atoms. The van der Waals surface area contributed by atoms with Gasteiger partial charge in [0.2, 0.25) is 11.8 Å². The van der Waals surface area contributed by atoms with Crippen molar-refractivity contribution in [3.8, 4) is 11.3 Å². The minimum absolute atomic E-state index is 0.0343. The van der Waals surface area contributed by atoms with Gasteiger partial charge < -0.3 is 14.6 Å². The van der Waals surface area contributed by atoms with Gasteiger partial charge in [-0.1, -0.05) is 16.6 Å². The third kappa shape index (κ3) is 3.50. The van der Waals surface area contributed by atoms with Crippen molar-refractivity contribution in [3.63, 3.8) is 0 Å². The van der Waals surface area contributed by atoms with E-state index in [1.807, 2.05) is 35.7 Å². The standard InChI is InChI=1S/C18H16N4O3S/c23-17-8-13(9-22(17)10-15-2-1-7-25-15)18(24)19-14-5-3-12(4-6-14)16-11-26-21-20-16/h1-7,11,13H,8-10H2,(H,19,24). The third-order valence-electron chi connectivity index (χ3n) is 4.32. The zero-order valence-corrected chi connectivity index (χ0v) is 14.6. The van der Waals surface area contributed by atoms with Crippen molar-refractivity contribution in [2.45, 2.75) is 13.0 Å². The Morgan fingerprint density at radius 3 is 2.85 bits per heavy atom. The van der Waals surface area contributed by atoms with Crippen LogP contribution in [0.2, 0.25) is 0 Å². The topological polar surface area (TPSA) is 88.3 Å². The maximum atomic E-state index is 12.5. The minimum atomic E-state index is -0.361. The lowest BCUT2D eigenvalue weighted by atomic mass is 10.1. The zero-order valence-electron chi connectivity index (χ0n) is 13.8. The van der Waals surface area contributed by atoms with Crippen LogP contribution in [0.15, 0.2) is 52.5 Å². The maximum Gasteiger partial charge on any atom is 0.229 e. The molecule has 8 heteroatoms. The van der Waals surface area contributed by atoms with Gasteiger partial charge in [-0.25, -0.2) is 0 Å². The molecule has 2 aromatic heterocycles. The van der Waals surface area contributed by atoms with Crippen LogP contribution < -0.4 is 5.32 Å². The quantitative estimate of drug-likeness (QED) is 0.748. The molecular weight excluding hydrogens is 352 g/mol. The Morgan fingerprint density at radius 2 is 2.15 bits per heavy atom. The highest BCUT2D eigenvalue weighted by Crippen LogP contribution is 2.24. The number of anilines is 1. The van der Waals surface area contributed by atoms with Gasteiger partial charge in [0, 0.05) is 29.6 Å². The van der Waals surface area contributed by atoms with E-state index in [1.54, 1.807) is 17.2 Å². The summed E-state index contributed by atoms with van der Waals surface area (Å²) in [6.07, 6.45) is 1.79. The normalized spacial score (nSPS) is 16.8. The van der Waals surface area contributed by atoms with Crippen LogP contribution in [0, 0.1) is 5.92 Å². The predicted octanol–water partition coefficient (Wildman–Crippen LogP) is 2.79. The smallest absolute Gasteiger partial charge is 0.229 e. The lowest BCUT2D eigenvalue weighted by molar-refractivity contribution is -0.128. The largest absolute Gasteiger partial charge is 0.467 e. The molecule has 132 valence electrons. The first-order valence-corrected chi connectivity index (χ1v) is 9.01. The van der Waals surface area contributed by atoms with Crippen LogP contribution in [0.25, 0.3) is 11.3 Å². The van der Waals surface area contributed by atoms with Crippen molar-refractivity contribution in [1.82, 2.24) is 14.5 Å². The number of aromatic nitrogens is 2. The van der Waals surface area contributed by atoms with Crippen molar-refractivity contribution in [3.05, 3.63) is 53.8 Å². The Bertz CT molecular complexity index is 891. The molecule has 0 radical (unpaired) electrons.